The van der Waals surface area contributed by atoms with Crippen molar-refractivity contribution in [1.29, 1.82) is 0 Å². The number of hydrogen-bond acceptors (Lipinski definition) is 4. The zero-order valence-corrected chi connectivity index (χ0v) is 6.21. The van der Waals surface area contributed by atoms with E-state index in [0.717, 1.165) is 6.08 Å². The first-order valence-corrected chi connectivity index (χ1v) is 3.52. The number of carbonyl (C=O) groups is 1. The summed E-state index contributed by atoms with van der Waals surface area (Å²) in [5, 5.41) is 35.5. The van der Waals surface area contributed by atoms with Crippen LogP contribution in [0.5, 0.6) is 0 Å². The molecule has 0 radical (unpaired) electrons. The molecule has 0 aromatic heterocycles. The van der Waals surface area contributed by atoms with Gasteiger partial charge >= 0.3 is 5.97 Å². The lowest BCUT2D eigenvalue weighted by molar-refractivity contribution is -0.142. The average Bonchev–Trinajstić information content (AvgIpc) is 1.99. The topological polar surface area (TPSA) is 98.0 Å². The molecule has 12 heavy (non-hydrogen) atoms. The van der Waals surface area contributed by atoms with Gasteiger partial charge in [-0.25, -0.2) is 0 Å². The molecular formula is C7H10O5. The van der Waals surface area contributed by atoms with E-state index in [1.165, 1.54) is 0 Å². The van der Waals surface area contributed by atoms with E-state index in [9.17, 15) is 4.79 Å². The number of aliphatic hydroxyl groups is 3. The quantitative estimate of drug-likeness (QED) is 0.419. The molecule has 0 spiro atoms. The number of carboxylic acid groups (broad SMARTS) is 1. The van der Waals surface area contributed by atoms with E-state index in [1.807, 2.05) is 0 Å². The largest absolute Gasteiger partial charge is 0.510 e. The van der Waals surface area contributed by atoms with Gasteiger partial charge in [0, 0.05) is 0 Å². The first-order valence-electron chi connectivity index (χ1n) is 3.52. The smallest absolute Gasteiger partial charge is 0.310 e. The van der Waals surface area contributed by atoms with Crippen molar-refractivity contribution in [2.24, 2.45) is 5.92 Å². The predicted octanol–water partition coefficient (Wildman–Crippen LogP) is -0.745. The summed E-state index contributed by atoms with van der Waals surface area (Å²) >= 11 is 0. The summed E-state index contributed by atoms with van der Waals surface area (Å²) in [7, 11) is 0. The Kier molecular flexibility index (Phi) is 2.35. The van der Waals surface area contributed by atoms with Crippen LogP contribution in [0, 0.1) is 5.92 Å². The van der Waals surface area contributed by atoms with Crippen molar-refractivity contribution in [3.05, 3.63) is 11.8 Å². The van der Waals surface area contributed by atoms with E-state index < -0.39 is 29.9 Å². The molecule has 0 fully saturated rings. The number of rotatable bonds is 1. The number of hydrogen-bond donors (Lipinski definition) is 4. The highest BCUT2D eigenvalue weighted by Gasteiger charge is 2.32. The van der Waals surface area contributed by atoms with Crippen LogP contribution in [0.3, 0.4) is 0 Å². The van der Waals surface area contributed by atoms with Gasteiger partial charge in [0.05, 0.1) is 12.0 Å². The molecule has 0 amide bonds. The monoisotopic (exact) mass is 174 g/mol. The molecule has 0 unspecified atom stereocenters. The van der Waals surface area contributed by atoms with Gasteiger partial charge in [0.2, 0.25) is 0 Å². The molecular weight excluding hydrogens is 164 g/mol. The SMILES string of the molecule is O=C(O)[C@@H]1C=C(O)[C@H](O)[C@H](O)C1. The maximum absolute atomic E-state index is 10.4. The molecule has 1 aliphatic rings. The van der Waals surface area contributed by atoms with Gasteiger partial charge < -0.3 is 20.4 Å². The van der Waals surface area contributed by atoms with Crippen molar-refractivity contribution >= 4 is 5.97 Å². The molecule has 3 atom stereocenters. The second-order valence-corrected chi connectivity index (χ2v) is 2.78. The molecule has 4 N–H and O–H groups in total. The minimum Gasteiger partial charge on any atom is -0.510 e. The highest BCUT2D eigenvalue weighted by molar-refractivity contribution is 5.72. The van der Waals surface area contributed by atoms with Gasteiger partial charge in [-0.2, -0.15) is 0 Å². The van der Waals surface area contributed by atoms with Crippen LogP contribution in [0.25, 0.3) is 0 Å². The fraction of sp³-hybridized carbons (Fsp3) is 0.571. The van der Waals surface area contributed by atoms with E-state index in [4.69, 9.17) is 20.4 Å². The summed E-state index contributed by atoms with van der Waals surface area (Å²) in [6.07, 6.45) is -1.57. The minimum atomic E-state index is -1.35. The van der Waals surface area contributed by atoms with E-state index >= 15 is 0 Å². The Morgan fingerprint density at radius 1 is 1.50 bits per heavy atom. The Morgan fingerprint density at radius 2 is 2.08 bits per heavy atom. The summed E-state index contributed by atoms with van der Waals surface area (Å²) < 4.78 is 0. The van der Waals surface area contributed by atoms with E-state index in [2.05, 4.69) is 0 Å². The third-order valence-corrected chi connectivity index (χ3v) is 1.85. The molecule has 0 heterocycles. The summed E-state index contributed by atoms with van der Waals surface area (Å²) in [6.45, 7) is 0. The molecule has 0 aliphatic heterocycles. The van der Waals surface area contributed by atoms with Crippen LogP contribution in [0.4, 0.5) is 0 Å². The van der Waals surface area contributed by atoms with Crippen LogP contribution in [-0.2, 0) is 4.79 Å². The molecule has 0 saturated heterocycles. The molecule has 0 bridgehead atoms. The van der Waals surface area contributed by atoms with Crippen LogP contribution < -0.4 is 0 Å². The minimum absolute atomic E-state index is 0.0689. The van der Waals surface area contributed by atoms with Crippen LogP contribution >= 0.6 is 0 Å². The molecule has 0 saturated carbocycles. The molecule has 1 rings (SSSR count). The van der Waals surface area contributed by atoms with E-state index in [0.29, 0.717) is 0 Å². The van der Waals surface area contributed by atoms with Crippen molar-refractivity contribution in [2.45, 2.75) is 18.6 Å². The summed E-state index contributed by atoms with van der Waals surface area (Å²) in [4.78, 5) is 10.4. The van der Waals surface area contributed by atoms with Crippen LogP contribution in [0.2, 0.25) is 0 Å². The predicted molar refractivity (Wildman–Crippen MR) is 38.5 cm³/mol. The van der Waals surface area contributed by atoms with Crippen molar-refractivity contribution < 1.29 is 25.2 Å². The van der Waals surface area contributed by atoms with Crippen LogP contribution in [0.1, 0.15) is 6.42 Å². The average molecular weight is 174 g/mol. The van der Waals surface area contributed by atoms with Crippen molar-refractivity contribution in [2.75, 3.05) is 0 Å². The highest BCUT2D eigenvalue weighted by atomic mass is 16.4. The van der Waals surface area contributed by atoms with Gasteiger partial charge in [-0.15, -0.1) is 0 Å². The Hall–Kier alpha value is -1.07. The Balaban J connectivity index is 2.80. The number of aliphatic hydroxyl groups excluding tert-OH is 3. The van der Waals surface area contributed by atoms with Crippen molar-refractivity contribution in [3.8, 4) is 0 Å². The molecule has 5 heteroatoms. The fourth-order valence-electron chi connectivity index (χ4n) is 1.13. The zero-order chi connectivity index (χ0) is 9.30. The lowest BCUT2D eigenvalue weighted by atomic mass is 9.91. The number of carboxylic acids is 1. The second-order valence-electron chi connectivity index (χ2n) is 2.78. The lowest BCUT2D eigenvalue weighted by Crippen LogP contribution is -2.36. The lowest BCUT2D eigenvalue weighted by Gasteiger charge is -2.24. The maximum Gasteiger partial charge on any atom is 0.310 e. The Bertz CT molecular complexity index is 222. The first kappa shape index (κ1) is 9.02. The standard InChI is InChI=1S/C7H10O5/c8-4-1-3(7(11)12)2-5(9)6(4)10/h1,3,5-6,8-10H,2H2,(H,11,12)/t3-,5-,6+/m1/s1. The summed E-state index contributed by atoms with van der Waals surface area (Å²) in [6, 6.07) is 0. The van der Waals surface area contributed by atoms with Gasteiger partial charge in [0.1, 0.15) is 11.9 Å². The second kappa shape index (κ2) is 3.12. The Morgan fingerprint density at radius 3 is 2.50 bits per heavy atom. The molecule has 0 aromatic carbocycles. The van der Waals surface area contributed by atoms with Gasteiger partial charge in [-0.1, -0.05) is 0 Å². The summed E-state index contributed by atoms with van der Waals surface area (Å²) in [5.74, 6) is -2.50. The van der Waals surface area contributed by atoms with E-state index in [1.54, 1.807) is 0 Å². The van der Waals surface area contributed by atoms with Crippen molar-refractivity contribution in [3.63, 3.8) is 0 Å². The third-order valence-electron chi connectivity index (χ3n) is 1.85. The van der Waals surface area contributed by atoms with Gasteiger partial charge in [0.15, 0.2) is 0 Å². The van der Waals surface area contributed by atoms with Gasteiger partial charge in [-0.05, 0) is 12.5 Å². The normalized spacial score (nSPS) is 35.8. The highest BCUT2D eigenvalue weighted by Crippen LogP contribution is 2.22. The molecule has 0 aromatic rings. The number of aliphatic carboxylic acids is 1. The Labute approximate surface area is 68.6 Å². The van der Waals surface area contributed by atoms with E-state index in [-0.39, 0.29) is 6.42 Å². The third kappa shape index (κ3) is 1.57. The molecule has 68 valence electrons. The molecule has 1 aliphatic carbocycles. The molecule has 5 nitrogen and oxygen atoms in total. The zero-order valence-electron chi connectivity index (χ0n) is 6.21. The summed E-state index contributed by atoms with van der Waals surface area (Å²) in [5.41, 5.74) is 0. The fourth-order valence-corrected chi connectivity index (χ4v) is 1.13. The maximum atomic E-state index is 10.4. The first-order chi connectivity index (χ1) is 5.52. The van der Waals surface area contributed by atoms with Gasteiger partial charge in [0.25, 0.3) is 0 Å². The van der Waals surface area contributed by atoms with Crippen molar-refractivity contribution in [1.82, 2.24) is 0 Å². The van der Waals surface area contributed by atoms with Crippen LogP contribution in [-0.4, -0.2) is 38.6 Å². The van der Waals surface area contributed by atoms with Gasteiger partial charge in [-0.3, -0.25) is 4.79 Å². The van der Waals surface area contributed by atoms with Crippen LogP contribution in [0.15, 0.2) is 11.8 Å².